The van der Waals surface area contributed by atoms with Crippen LogP contribution in [-0.2, 0) is 16.0 Å². The molecule has 0 N–H and O–H groups in total. The minimum Gasteiger partial charge on any atom is -0.339 e. The van der Waals surface area contributed by atoms with Gasteiger partial charge in [0.05, 0.1) is 17.8 Å². The van der Waals surface area contributed by atoms with E-state index in [4.69, 9.17) is 0 Å². The van der Waals surface area contributed by atoms with Crippen molar-refractivity contribution in [1.82, 2.24) is 19.8 Å². The number of carbonyl (C=O) groups excluding carboxylic acids is 2. The van der Waals surface area contributed by atoms with Crippen molar-refractivity contribution >= 4 is 23.2 Å². The van der Waals surface area contributed by atoms with Crippen LogP contribution in [0.1, 0.15) is 26.5 Å². The van der Waals surface area contributed by atoms with Crippen molar-refractivity contribution in [2.45, 2.75) is 27.2 Å². The van der Waals surface area contributed by atoms with Crippen LogP contribution in [0.2, 0.25) is 0 Å². The Bertz CT molecular complexity index is 774. The highest BCUT2D eigenvalue weighted by Crippen LogP contribution is 2.22. The summed E-state index contributed by atoms with van der Waals surface area (Å²) in [7, 11) is 0. The first kappa shape index (κ1) is 18.5. The molecule has 0 spiro atoms. The molecule has 3 heterocycles. The molecule has 26 heavy (non-hydrogen) atoms. The second-order valence-corrected chi connectivity index (χ2v) is 8.32. The predicted octanol–water partition coefficient (Wildman–Crippen LogP) is 2.46. The summed E-state index contributed by atoms with van der Waals surface area (Å²) < 4.78 is 0. The van der Waals surface area contributed by atoms with Crippen LogP contribution in [0, 0.1) is 5.41 Å². The second kappa shape index (κ2) is 7.53. The van der Waals surface area contributed by atoms with E-state index in [1.165, 1.54) is 11.3 Å². The van der Waals surface area contributed by atoms with Gasteiger partial charge in [0.25, 0.3) is 0 Å². The molecule has 0 aliphatic carbocycles. The normalized spacial score (nSPS) is 15.2. The highest BCUT2D eigenvalue weighted by atomic mass is 32.1. The maximum atomic E-state index is 12.6. The summed E-state index contributed by atoms with van der Waals surface area (Å²) in [5.41, 5.74) is 1.22. The van der Waals surface area contributed by atoms with Crippen molar-refractivity contribution in [2.24, 2.45) is 5.41 Å². The first-order chi connectivity index (χ1) is 12.3. The Labute approximate surface area is 157 Å². The van der Waals surface area contributed by atoms with Crippen molar-refractivity contribution in [1.29, 1.82) is 0 Å². The maximum Gasteiger partial charge on any atom is 0.228 e. The molecule has 0 saturated carbocycles. The molecule has 1 saturated heterocycles. The zero-order valence-electron chi connectivity index (χ0n) is 15.4. The van der Waals surface area contributed by atoms with Crippen LogP contribution < -0.4 is 0 Å². The Hall–Kier alpha value is -2.28. The molecule has 2 aromatic rings. The summed E-state index contributed by atoms with van der Waals surface area (Å²) in [6.07, 6.45) is 2.02. The number of aromatic nitrogens is 2. The number of carbonyl (C=O) groups is 2. The molecule has 7 heteroatoms. The lowest BCUT2D eigenvalue weighted by atomic mass is 9.94. The first-order valence-electron chi connectivity index (χ1n) is 8.77. The lowest BCUT2D eigenvalue weighted by Gasteiger charge is -2.37. The summed E-state index contributed by atoms with van der Waals surface area (Å²) in [6, 6.07) is 5.70. The van der Waals surface area contributed by atoms with Crippen molar-refractivity contribution in [2.75, 3.05) is 26.2 Å². The third-order valence-corrected chi connectivity index (χ3v) is 5.24. The predicted molar refractivity (Wildman–Crippen MR) is 102 cm³/mol. The van der Waals surface area contributed by atoms with E-state index in [2.05, 4.69) is 9.97 Å². The highest BCUT2D eigenvalue weighted by Gasteiger charge is 2.30. The summed E-state index contributed by atoms with van der Waals surface area (Å²) in [5.74, 6) is 0.204. The summed E-state index contributed by atoms with van der Waals surface area (Å²) >= 11 is 1.50. The molecule has 1 aliphatic rings. The quantitative estimate of drug-likeness (QED) is 0.830. The van der Waals surface area contributed by atoms with Crippen LogP contribution in [0.4, 0.5) is 0 Å². The fourth-order valence-corrected chi connectivity index (χ4v) is 3.69. The third kappa shape index (κ3) is 4.27. The molecule has 0 unspecified atom stereocenters. The number of rotatable bonds is 3. The Morgan fingerprint density at radius 2 is 1.81 bits per heavy atom. The highest BCUT2D eigenvalue weighted by molar-refractivity contribution is 7.13. The number of hydrogen-bond donors (Lipinski definition) is 0. The Kier molecular flexibility index (Phi) is 5.36. The molecule has 0 atom stereocenters. The molecule has 138 valence electrons. The van der Waals surface area contributed by atoms with Gasteiger partial charge >= 0.3 is 0 Å². The zero-order chi connectivity index (χ0) is 18.7. The fraction of sp³-hybridized carbons (Fsp3) is 0.474. The Morgan fingerprint density at radius 3 is 2.42 bits per heavy atom. The van der Waals surface area contributed by atoms with Gasteiger partial charge in [-0.15, -0.1) is 11.3 Å². The summed E-state index contributed by atoms with van der Waals surface area (Å²) in [5, 5.41) is 2.75. The van der Waals surface area contributed by atoms with E-state index in [1.54, 1.807) is 6.20 Å². The molecule has 0 radical (unpaired) electrons. The average Bonchev–Trinajstić information content (AvgIpc) is 3.09. The topological polar surface area (TPSA) is 66.4 Å². The minimum absolute atomic E-state index is 0.0609. The summed E-state index contributed by atoms with van der Waals surface area (Å²) in [6.45, 7) is 8.13. The van der Waals surface area contributed by atoms with E-state index in [9.17, 15) is 9.59 Å². The van der Waals surface area contributed by atoms with Crippen LogP contribution >= 0.6 is 11.3 Å². The number of piperazine rings is 1. The van der Waals surface area contributed by atoms with Gasteiger partial charge in [-0.05, 0) is 12.1 Å². The van der Waals surface area contributed by atoms with Crippen LogP contribution in [0.5, 0.6) is 0 Å². The molecule has 2 aromatic heterocycles. The van der Waals surface area contributed by atoms with E-state index in [0.717, 1.165) is 16.4 Å². The van der Waals surface area contributed by atoms with Crippen molar-refractivity contribution in [3.05, 3.63) is 35.5 Å². The number of hydrogen-bond acceptors (Lipinski definition) is 5. The van der Waals surface area contributed by atoms with E-state index >= 15 is 0 Å². The smallest absolute Gasteiger partial charge is 0.228 e. The Balaban J connectivity index is 1.55. The lowest BCUT2D eigenvalue weighted by Crippen LogP contribution is -2.53. The van der Waals surface area contributed by atoms with Gasteiger partial charge in [-0.25, -0.2) is 4.98 Å². The van der Waals surface area contributed by atoms with E-state index < -0.39 is 0 Å². The van der Waals surface area contributed by atoms with Crippen molar-refractivity contribution < 1.29 is 9.59 Å². The van der Waals surface area contributed by atoms with Gasteiger partial charge in [0.15, 0.2) is 0 Å². The van der Waals surface area contributed by atoms with Crippen LogP contribution in [-0.4, -0.2) is 57.8 Å². The Morgan fingerprint density at radius 1 is 1.12 bits per heavy atom. The summed E-state index contributed by atoms with van der Waals surface area (Å²) in [4.78, 5) is 37.4. The standard InChI is InChI=1S/C19H24N4O2S/c1-19(2,3)18(25)23-10-8-22(9-11-23)16(24)12-14-13-26-17(21-14)15-6-4-5-7-20-15/h4-7,13H,8-12H2,1-3H3. The first-order valence-corrected chi connectivity index (χ1v) is 9.65. The molecule has 6 nitrogen and oxygen atoms in total. The molecule has 0 bridgehead atoms. The number of pyridine rings is 1. The zero-order valence-corrected chi connectivity index (χ0v) is 16.3. The van der Waals surface area contributed by atoms with Crippen molar-refractivity contribution in [3.63, 3.8) is 0 Å². The van der Waals surface area contributed by atoms with Crippen molar-refractivity contribution in [3.8, 4) is 10.7 Å². The molecule has 1 fully saturated rings. The van der Waals surface area contributed by atoms with Crippen LogP contribution in [0.15, 0.2) is 29.8 Å². The van der Waals surface area contributed by atoms with E-state index in [-0.39, 0.29) is 23.7 Å². The third-order valence-electron chi connectivity index (χ3n) is 4.33. The SMILES string of the molecule is CC(C)(C)C(=O)N1CCN(C(=O)Cc2csc(-c3ccccn3)n2)CC1. The van der Waals surface area contributed by atoms with Gasteiger partial charge in [-0.1, -0.05) is 26.8 Å². The molecule has 0 aromatic carbocycles. The fourth-order valence-electron chi connectivity index (χ4n) is 2.90. The molecular weight excluding hydrogens is 348 g/mol. The van der Waals surface area contributed by atoms with Crippen LogP contribution in [0.25, 0.3) is 10.7 Å². The van der Waals surface area contributed by atoms with Gasteiger partial charge in [-0.2, -0.15) is 0 Å². The van der Waals surface area contributed by atoms with Gasteiger partial charge in [0.1, 0.15) is 5.01 Å². The number of amides is 2. The molecule has 3 rings (SSSR count). The van der Waals surface area contributed by atoms with Crippen LogP contribution in [0.3, 0.4) is 0 Å². The molecule has 2 amide bonds. The average molecular weight is 372 g/mol. The number of nitrogens with zero attached hydrogens (tertiary/aromatic N) is 4. The number of thiazole rings is 1. The van der Waals surface area contributed by atoms with E-state index in [1.807, 2.05) is 54.2 Å². The van der Waals surface area contributed by atoms with E-state index in [0.29, 0.717) is 26.2 Å². The van der Waals surface area contributed by atoms with Gasteiger partial charge in [0, 0.05) is 43.2 Å². The maximum absolute atomic E-state index is 12.6. The van der Waals surface area contributed by atoms with Gasteiger partial charge < -0.3 is 9.80 Å². The lowest BCUT2D eigenvalue weighted by molar-refractivity contribution is -0.144. The minimum atomic E-state index is -0.380. The molecule has 1 aliphatic heterocycles. The molecular formula is C19H24N4O2S. The second-order valence-electron chi connectivity index (χ2n) is 7.46. The van der Waals surface area contributed by atoms with Gasteiger partial charge in [0.2, 0.25) is 11.8 Å². The monoisotopic (exact) mass is 372 g/mol. The van der Waals surface area contributed by atoms with Gasteiger partial charge in [-0.3, -0.25) is 14.6 Å². The largest absolute Gasteiger partial charge is 0.339 e.